The Morgan fingerprint density at radius 1 is 1.04 bits per heavy atom. The number of nitrogens with zero attached hydrogens (tertiary/aromatic N) is 1. The predicted octanol–water partition coefficient (Wildman–Crippen LogP) is 3.45. The van der Waals surface area contributed by atoms with Gasteiger partial charge in [-0.2, -0.15) is 4.99 Å². The average molecular weight is 352 g/mol. The number of hydrogen-bond acceptors (Lipinski definition) is 1. The van der Waals surface area contributed by atoms with E-state index < -0.39 is 5.92 Å². The topological polar surface area (TPSA) is 81.5 Å². The van der Waals surface area contributed by atoms with Crippen molar-refractivity contribution < 1.29 is 4.79 Å². The van der Waals surface area contributed by atoms with Crippen molar-refractivity contribution in [3.63, 3.8) is 0 Å². The van der Waals surface area contributed by atoms with Crippen LogP contribution in [-0.2, 0) is 4.79 Å². The summed E-state index contributed by atoms with van der Waals surface area (Å²) in [6, 6.07) is 16.9. The third kappa shape index (κ3) is 4.98. The number of nitrogens with two attached hydrogens (primary N) is 2. The largest absolute Gasteiger partial charge is 0.370 e. The van der Waals surface area contributed by atoms with Gasteiger partial charge in [0.05, 0.1) is 5.92 Å². The Hall–Kier alpha value is -2.04. The van der Waals surface area contributed by atoms with Crippen molar-refractivity contribution in [2.24, 2.45) is 16.5 Å². The summed E-state index contributed by atoms with van der Waals surface area (Å²) in [6.45, 7) is 1.96. The Labute approximate surface area is 147 Å². The molecule has 0 aliphatic carbocycles. The second-order valence-electron chi connectivity index (χ2n) is 5.11. The number of guanidine groups is 1. The van der Waals surface area contributed by atoms with Crippen LogP contribution < -0.4 is 11.5 Å². The molecular weight excluding hydrogens is 333 g/mol. The maximum absolute atomic E-state index is 12.5. The number of halogens is 2. The van der Waals surface area contributed by atoms with Gasteiger partial charge in [-0.15, -0.1) is 12.4 Å². The summed E-state index contributed by atoms with van der Waals surface area (Å²) in [4.78, 5) is 16.2. The maximum Gasteiger partial charge on any atom is 0.257 e. The number of benzene rings is 2. The van der Waals surface area contributed by atoms with E-state index in [1.165, 1.54) is 0 Å². The summed E-state index contributed by atoms with van der Waals surface area (Å²) in [6.07, 6.45) is 0. The fourth-order valence-corrected chi connectivity index (χ4v) is 2.68. The van der Waals surface area contributed by atoms with E-state index in [2.05, 4.69) is 4.99 Å². The van der Waals surface area contributed by atoms with Crippen LogP contribution in [0, 0.1) is 0 Å². The third-order valence-electron chi connectivity index (χ3n) is 3.54. The summed E-state index contributed by atoms with van der Waals surface area (Å²) in [5.74, 6) is -1.18. The van der Waals surface area contributed by atoms with Gasteiger partial charge < -0.3 is 11.5 Å². The highest BCUT2D eigenvalue weighted by atomic mass is 35.5. The first kappa shape index (κ1) is 19.0. The Morgan fingerprint density at radius 3 is 2.22 bits per heavy atom. The third-order valence-corrected chi connectivity index (χ3v) is 3.77. The van der Waals surface area contributed by atoms with Crippen LogP contribution in [0.15, 0.2) is 59.6 Å². The van der Waals surface area contributed by atoms with E-state index in [-0.39, 0.29) is 30.2 Å². The molecule has 2 rings (SSSR count). The number of rotatable bonds is 4. The van der Waals surface area contributed by atoms with E-state index in [9.17, 15) is 4.79 Å². The molecule has 6 heteroatoms. The summed E-state index contributed by atoms with van der Waals surface area (Å²) in [7, 11) is 0. The first-order chi connectivity index (χ1) is 10.5. The Balaban J connectivity index is 0.00000264. The average Bonchev–Trinajstić information content (AvgIpc) is 2.47. The first-order valence-corrected chi connectivity index (χ1v) is 7.30. The molecular formula is C17H19Cl2N3O. The highest BCUT2D eigenvalue weighted by molar-refractivity contribution is 6.30. The smallest absolute Gasteiger partial charge is 0.257 e. The van der Waals surface area contributed by atoms with Gasteiger partial charge in [0.25, 0.3) is 5.91 Å². The molecule has 0 aromatic heterocycles. The van der Waals surface area contributed by atoms with Crippen molar-refractivity contribution >= 4 is 35.9 Å². The Kier molecular flexibility index (Phi) is 7.07. The van der Waals surface area contributed by atoms with Gasteiger partial charge in [0.2, 0.25) is 0 Å². The van der Waals surface area contributed by atoms with Gasteiger partial charge in [0.1, 0.15) is 0 Å². The van der Waals surface area contributed by atoms with Gasteiger partial charge in [-0.1, -0.05) is 61.0 Å². The maximum atomic E-state index is 12.5. The van der Waals surface area contributed by atoms with Crippen molar-refractivity contribution in [3.8, 4) is 0 Å². The van der Waals surface area contributed by atoms with Crippen LogP contribution in [0.4, 0.5) is 0 Å². The molecule has 23 heavy (non-hydrogen) atoms. The highest BCUT2D eigenvalue weighted by Crippen LogP contribution is 2.34. The quantitative estimate of drug-likeness (QED) is 0.653. The van der Waals surface area contributed by atoms with Crippen LogP contribution in [0.5, 0.6) is 0 Å². The lowest BCUT2D eigenvalue weighted by Gasteiger charge is -2.22. The van der Waals surface area contributed by atoms with Crippen molar-refractivity contribution in [1.82, 2.24) is 0 Å². The minimum atomic E-state index is -0.471. The van der Waals surface area contributed by atoms with Gasteiger partial charge in [-0.25, -0.2) is 0 Å². The molecule has 0 spiro atoms. The molecule has 4 N–H and O–H groups in total. The van der Waals surface area contributed by atoms with E-state index in [1.54, 1.807) is 6.07 Å². The number of hydrogen-bond donors (Lipinski definition) is 2. The summed E-state index contributed by atoms with van der Waals surface area (Å²) < 4.78 is 0. The number of carbonyl (C=O) groups is 1. The molecule has 0 saturated carbocycles. The number of carbonyl (C=O) groups excluding carboxylic acids is 1. The lowest BCUT2D eigenvalue weighted by molar-refractivity contribution is -0.119. The molecule has 0 aliphatic rings. The molecule has 2 unspecified atom stereocenters. The summed E-state index contributed by atoms with van der Waals surface area (Å²) >= 11 is 6.05. The predicted molar refractivity (Wildman–Crippen MR) is 97.1 cm³/mol. The molecule has 2 atom stereocenters. The zero-order chi connectivity index (χ0) is 16.1. The van der Waals surface area contributed by atoms with Crippen LogP contribution in [0.2, 0.25) is 5.02 Å². The normalized spacial score (nSPS) is 12.6. The molecule has 0 aliphatic heterocycles. The minimum Gasteiger partial charge on any atom is -0.370 e. The first-order valence-electron chi connectivity index (χ1n) is 6.93. The SMILES string of the molecule is CC(c1cccc(Cl)c1)C(C(=O)N=C(N)N)c1ccccc1.Cl. The second kappa shape index (κ2) is 8.56. The van der Waals surface area contributed by atoms with Gasteiger partial charge >= 0.3 is 0 Å². The van der Waals surface area contributed by atoms with Crippen LogP contribution in [0.1, 0.15) is 29.9 Å². The molecule has 0 saturated heterocycles. The van der Waals surface area contributed by atoms with Crippen LogP contribution in [-0.4, -0.2) is 11.9 Å². The van der Waals surface area contributed by atoms with E-state index in [4.69, 9.17) is 23.1 Å². The van der Waals surface area contributed by atoms with Gasteiger partial charge in [0.15, 0.2) is 5.96 Å². The standard InChI is InChI=1S/C17H18ClN3O.ClH/c1-11(13-8-5-9-14(18)10-13)15(16(22)21-17(19)20)12-6-3-2-4-7-12;/h2-11,15H,1H3,(H4,19,20,21,22);1H. The Morgan fingerprint density at radius 2 is 1.65 bits per heavy atom. The fourth-order valence-electron chi connectivity index (χ4n) is 2.48. The van der Waals surface area contributed by atoms with Crippen molar-refractivity contribution in [3.05, 3.63) is 70.7 Å². The zero-order valence-electron chi connectivity index (χ0n) is 12.6. The van der Waals surface area contributed by atoms with E-state index >= 15 is 0 Å². The molecule has 1 amide bonds. The van der Waals surface area contributed by atoms with Gasteiger partial charge in [-0.3, -0.25) is 4.79 Å². The van der Waals surface area contributed by atoms with Crippen LogP contribution in [0.25, 0.3) is 0 Å². The monoisotopic (exact) mass is 351 g/mol. The van der Waals surface area contributed by atoms with E-state index in [0.29, 0.717) is 5.02 Å². The second-order valence-corrected chi connectivity index (χ2v) is 5.54. The fraction of sp³-hybridized carbons (Fsp3) is 0.176. The molecule has 0 bridgehead atoms. The highest BCUT2D eigenvalue weighted by Gasteiger charge is 2.28. The van der Waals surface area contributed by atoms with E-state index in [1.807, 2.05) is 55.5 Å². The number of aliphatic imine (C=N–C) groups is 1. The molecule has 0 radical (unpaired) electrons. The molecule has 122 valence electrons. The van der Waals surface area contributed by atoms with Crippen LogP contribution >= 0.6 is 24.0 Å². The molecule has 2 aromatic carbocycles. The molecule has 2 aromatic rings. The molecule has 0 fully saturated rings. The zero-order valence-corrected chi connectivity index (χ0v) is 14.2. The summed E-state index contributed by atoms with van der Waals surface area (Å²) in [5.41, 5.74) is 12.5. The van der Waals surface area contributed by atoms with Gasteiger partial charge in [0, 0.05) is 5.02 Å². The van der Waals surface area contributed by atoms with E-state index in [0.717, 1.165) is 11.1 Å². The Bertz CT molecular complexity index is 685. The lowest BCUT2D eigenvalue weighted by atomic mass is 9.82. The lowest BCUT2D eigenvalue weighted by Crippen LogP contribution is -2.27. The number of amides is 1. The van der Waals surface area contributed by atoms with Crippen molar-refractivity contribution in [2.75, 3.05) is 0 Å². The summed E-state index contributed by atoms with van der Waals surface area (Å²) in [5, 5.41) is 0.630. The van der Waals surface area contributed by atoms with Crippen molar-refractivity contribution in [2.45, 2.75) is 18.8 Å². The van der Waals surface area contributed by atoms with Crippen molar-refractivity contribution in [1.29, 1.82) is 0 Å². The van der Waals surface area contributed by atoms with Crippen LogP contribution in [0.3, 0.4) is 0 Å². The van der Waals surface area contributed by atoms with Gasteiger partial charge in [-0.05, 0) is 29.2 Å². The molecule has 4 nitrogen and oxygen atoms in total. The molecule has 0 heterocycles. The minimum absolute atomic E-state index is 0.